The average molecular weight is 423 g/mol. The van der Waals surface area contributed by atoms with Gasteiger partial charge in [0, 0.05) is 24.7 Å². The average Bonchev–Trinajstić information content (AvgIpc) is 2.68. The maximum absolute atomic E-state index is 12.0. The van der Waals surface area contributed by atoms with Crippen molar-refractivity contribution < 1.29 is 14.3 Å². The Hall–Kier alpha value is -1.95. The number of amides is 1. The predicted octanol–water partition coefficient (Wildman–Crippen LogP) is 4.16. The Morgan fingerprint density at radius 1 is 1.14 bits per heavy atom. The highest BCUT2D eigenvalue weighted by atomic mass is 35.5. The molecule has 1 amide bonds. The van der Waals surface area contributed by atoms with E-state index in [4.69, 9.17) is 32.7 Å². The molecule has 7 heteroatoms. The number of ether oxygens (including phenoxy) is 2. The van der Waals surface area contributed by atoms with Crippen molar-refractivity contribution in [2.75, 3.05) is 26.7 Å². The van der Waals surface area contributed by atoms with Crippen LogP contribution in [0.15, 0.2) is 42.5 Å². The zero-order valence-corrected chi connectivity index (χ0v) is 17.3. The molecule has 0 aliphatic carbocycles. The van der Waals surface area contributed by atoms with Gasteiger partial charge < -0.3 is 19.7 Å². The van der Waals surface area contributed by atoms with E-state index in [1.165, 1.54) is 0 Å². The minimum Gasteiger partial charge on any atom is -0.490 e. The summed E-state index contributed by atoms with van der Waals surface area (Å²) in [5.41, 5.74) is 0.994. The highest BCUT2D eigenvalue weighted by Gasteiger charge is 2.17. The molecule has 28 heavy (non-hydrogen) atoms. The van der Waals surface area contributed by atoms with Crippen LogP contribution >= 0.6 is 23.2 Å². The molecule has 3 rings (SSSR count). The normalized spacial score (nSPS) is 15.2. The monoisotopic (exact) mass is 422 g/mol. The van der Waals surface area contributed by atoms with Gasteiger partial charge >= 0.3 is 0 Å². The fourth-order valence-electron chi connectivity index (χ4n) is 2.97. The van der Waals surface area contributed by atoms with Crippen molar-refractivity contribution in [2.45, 2.75) is 25.5 Å². The molecule has 0 unspecified atom stereocenters. The van der Waals surface area contributed by atoms with E-state index in [1.807, 2.05) is 24.3 Å². The van der Waals surface area contributed by atoms with Crippen LogP contribution in [0.5, 0.6) is 11.5 Å². The number of nitrogens with zero attached hydrogens (tertiary/aromatic N) is 1. The second-order valence-corrected chi connectivity index (χ2v) is 7.75. The molecule has 0 bridgehead atoms. The van der Waals surface area contributed by atoms with Gasteiger partial charge in [-0.1, -0.05) is 35.3 Å². The molecular weight excluding hydrogens is 399 g/mol. The molecule has 2 aromatic carbocycles. The van der Waals surface area contributed by atoms with E-state index in [9.17, 15) is 4.79 Å². The molecule has 1 heterocycles. The maximum atomic E-state index is 12.0. The first-order chi connectivity index (χ1) is 13.5. The van der Waals surface area contributed by atoms with E-state index in [-0.39, 0.29) is 18.6 Å². The molecule has 1 N–H and O–H groups in total. The highest BCUT2D eigenvalue weighted by molar-refractivity contribution is 6.35. The van der Waals surface area contributed by atoms with Gasteiger partial charge in [0.1, 0.15) is 17.6 Å². The van der Waals surface area contributed by atoms with Crippen molar-refractivity contribution in [3.05, 3.63) is 58.1 Å². The number of hydrogen-bond donors (Lipinski definition) is 1. The SMILES string of the molecule is CN1CCC(Oc2ccc(CNC(=O)COc3ccc(Cl)cc3Cl)cc2)CC1. The van der Waals surface area contributed by atoms with Gasteiger partial charge in [-0.05, 0) is 55.8 Å². The van der Waals surface area contributed by atoms with Crippen molar-refractivity contribution in [1.82, 2.24) is 10.2 Å². The van der Waals surface area contributed by atoms with Crippen LogP contribution in [0.3, 0.4) is 0 Å². The summed E-state index contributed by atoms with van der Waals surface area (Å²) in [5.74, 6) is 1.07. The van der Waals surface area contributed by atoms with Gasteiger partial charge in [0.05, 0.1) is 5.02 Å². The summed E-state index contributed by atoms with van der Waals surface area (Å²) in [6.45, 7) is 2.44. The summed E-state index contributed by atoms with van der Waals surface area (Å²) in [4.78, 5) is 14.3. The molecule has 5 nitrogen and oxygen atoms in total. The lowest BCUT2D eigenvalue weighted by Crippen LogP contribution is -2.35. The molecule has 0 spiro atoms. The van der Waals surface area contributed by atoms with Crippen molar-refractivity contribution in [3.63, 3.8) is 0 Å². The van der Waals surface area contributed by atoms with Crippen molar-refractivity contribution in [3.8, 4) is 11.5 Å². The van der Waals surface area contributed by atoms with Gasteiger partial charge in [-0.25, -0.2) is 0 Å². The molecule has 150 valence electrons. The van der Waals surface area contributed by atoms with Gasteiger partial charge in [0.15, 0.2) is 6.61 Å². The van der Waals surface area contributed by atoms with E-state index in [2.05, 4.69) is 17.3 Å². The summed E-state index contributed by atoms with van der Waals surface area (Å²) < 4.78 is 11.5. The molecule has 1 saturated heterocycles. The van der Waals surface area contributed by atoms with Gasteiger partial charge in [-0.3, -0.25) is 4.79 Å². The van der Waals surface area contributed by atoms with E-state index in [0.29, 0.717) is 22.3 Å². The molecule has 2 aromatic rings. The molecule has 1 aliphatic heterocycles. The Labute approximate surface area is 175 Å². The largest absolute Gasteiger partial charge is 0.490 e. The quantitative estimate of drug-likeness (QED) is 0.727. The van der Waals surface area contributed by atoms with E-state index in [1.54, 1.807) is 18.2 Å². The van der Waals surface area contributed by atoms with Crippen LogP contribution in [0, 0.1) is 0 Å². The van der Waals surface area contributed by atoms with Crippen LogP contribution in [-0.4, -0.2) is 43.7 Å². The minimum absolute atomic E-state index is 0.112. The summed E-state index contributed by atoms with van der Waals surface area (Å²) in [6, 6.07) is 12.7. The lowest BCUT2D eigenvalue weighted by molar-refractivity contribution is -0.123. The van der Waals surface area contributed by atoms with Gasteiger partial charge in [-0.15, -0.1) is 0 Å². The van der Waals surface area contributed by atoms with E-state index < -0.39 is 0 Å². The fourth-order valence-corrected chi connectivity index (χ4v) is 3.43. The third-order valence-corrected chi connectivity index (χ3v) is 5.16. The number of carbonyl (C=O) groups excluding carboxylic acids is 1. The Morgan fingerprint density at radius 3 is 2.54 bits per heavy atom. The van der Waals surface area contributed by atoms with Crippen molar-refractivity contribution >= 4 is 29.1 Å². The number of benzene rings is 2. The summed E-state index contributed by atoms with van der Waals surface area (Å²) in [7, 11) is 2.13. The zero-order chi connectivity index (χ0) is 19.9. The zero-order valence-electron chi connectivity index (χ0n) is 15.8. The highest BCUT2D eigenvalue weighted by Crippen LogP contribution is 2.27. The summed E-state index contributed by atoms with van der Waals surface area (Å²) in [5, 5.41) is 3.72. The maximum Gasteiger partial charge on any atom is 0.258 e. The van der Waals surface area contributed by atoms with Gasteiger partial charge in [0.25, 0.3) is 5.91 Å². The van der Waals surface area contributed by atoms with Crippen LogP contribution in [-0.2, 0) is 11.3 Å². The number of rotatable bonds is 7. The third kappa shape index (κ3) is 6.30. The Kier molecular flexibility index (Phi) is 7.43. The second kappa shape index (κ2) is 10.0. The van der Waals surface area contributed by atoms with Crippen LogP contribution in [0.1, 0.15) is 18.4 Å². The molecule has 0 radical (unpaired) electrons. The Balaban J connectivity index is 1.41. The first-order valence-corrected chi connectivity index (χ1v) is 10.0. The van der Waals surface area contributed by atoms with Crippen molar-refractivity contribution in [2.24, 2.45) is 0 Å². The molecule has 1 aliphatic rings. The van der Waals surface area contributed by atoms with Crippen LogP contribution < -0.4 is 14.8 Å². The first kappa shape index (κ1) is 20.8. The van der Waals surface area contributed by atoms with Crippen molar-refractivity contribution in [1.29, 1.82) is 0 Å². The van der Waals surface area contributed by atoms with E-state index >= 15 is 0 Å². The smallest absolute Gasteiger partial charge is 0.258 e. The summed E-state index contributed by atoms with van der Waals surface area (Å²) >= 11 is 11.9. The number of halogens is 2. The molecule has 0 saturated carbocycles. The lowest BCUT2D eigenvalue weighted by atomic mass is 10.1. The number of piperidine rings is 1. The molecule has 1 fully saturated rings. The Bertz CT molecular complexity index is 791. The fraction of sp³-hybridized carbons (Fsp3) is 0.381. The minimum atomic E-state index is -0.224. The molecular formula is C21H24Cl2N2O3. The van der Waals surface area contributed by atoms with Gasteiger partial charge in [0.2, 0.25) is 0 Å². The number of likely N-dealkylation sites (tertiary alicyclic amines) is 1. The number of hydrogen-bond acceptors (Lipinski definition) is 4. The number of nitrogens with one attached hydrogen (secondary N) is 1. The summed E-state index contributed by atoms with van der Waals surface area (Å²) in [6.07, 6.45) is 2.37. The predicted molar refractivity (Wildman–Crippen MR) is 111 cm³/mol. The number of carbonyl (C=O) groups is 1. The third-order valence-electron chi connectivity index (χ3n) is 4.63. The topological polar surface area (TPSA) is 50.8 Å². The molecule has 0 aromatic heterocycles. The second-order valence-electron chi connectivity index (χ2n) is 6.90. The van der Waals surface area contributed by atoms with Gasteiger partial charge in [-0.2, -0.15) is 0 Å². The van der Waals surface area contributed by atoms with Crippen LogP contribution in [0.2, 0.25) is 10.0 Å². The Morgan fingerprint density at radius 2 is 1.86 bits per heavy atom. The first-order valence-electron chi connectivity index (χ1n) is 9.28. The standard InChI is InChI=1S/C21H24Cl2N2O3/c1-25-10-8-18(9-11-25)28-17-5-2-15(3-6-17)13-24-21(26)14-27-20-7-4-16(22)12-19(20)23/h2-7,12,18H,8-11,13-14H2,1H3,(H,24,26). The molecule has 0 atom stereocenters. The van der Waals surface area contributed by atoms with E-state index in [0.717, 1.165) is 37.2 Å². The lowest BCUT2D eigenvalue weighted by Gasteiger charge is -2.29. The van der Waals surface area contributed by atoms with Crippen LogP contribution in [0.25, 0.3) is 0 Å². The van der Waals surface area contributed by atoms with Crippen LogP contribution in [0.4, 0.5) is 0 Å².